The number of benzene rings is 1. The molecule has 1 aromatic rings. The van der Waals surface area contributed by atoms with Crippen LogP contribution in [-0.4, -0.2) is 35.0 Å². The van der Waals surface area contributed by atoms with Crippen molar-refractivity contribution in [1.29, 1.82) is 0 Å². The second-order valence-corrected chi connectivity index (χ2v) is 7.43. The summed E-state index contributed by atoms with van der Waals surface area (Å²) in [6.45, 7) is -0.370. The fourth-order valence-electron chi connectivity index (χ4n) is 3.11. The summed E-state index contributed by atoms with van der Waals surface area (Å²) in [4.78, 5) is 36.7. The first-order valence-electron chi connectivity index (χ1n) is 7.95. The molecule has 1 aromatic carbocycles. The average Bonchev–Trinajstić information content (AvgIpc) is 2.79. The van der Waals surface area contributed by atoms with E-state index < -0.39 is 23.4 Å². The third-order valence-electron chi connectivity index (χ3n) is 4.36. The molecule has 0 radical (unpaired) electrons. The number of imide groups is 1. The Balaban J connectivity index is 1.59. The molecular formula is C16H17BrClN3O4. The number of hydrazine groups is 1. The lowest BCUT2D eigenvalue weighted by Gasteiger charge is -2.30. The number of hydrogen-bond donors (Lipinski definition) is 2. The average molecular weight is 431 g/mol. The number of carbonyl (C=O) groups is 3. The van der Waals surface area contributed by atoms with E-state index in [2.05, 4.69) is 26.7 Å². The van der Waals surface area contributed by atoms with Crippen LogP contribution in [0.25, 0.3) is 0 Å². The first-order chi connectivity index (χ1) is 11.9. The van der Waals surface area contributed by atoms with Crippen molar-refractivity contribution in [1.82, 2.24) is 15.8 Å². The number of carbonyl (C=O) groups excluding carboxylic acids is 3. The van der Waals surface area contributed by atoms with Crippen LogP contribution < -0.4 is 15.5 Å². The lowest BCUT2D eigenvalue weighted by atomic mass is 9.82. The van der Waals surface area contributed by atoms with Crippen molar-refractivity contribution in [3.05, 3.63) is 27.7 Å². The van der Waals surface area contributed by atoms with Crippen LogP contribution >= 0.6 is 27.5 Å². The Labute approximate surface area is 158 Å². The van der Waals surface area contributed by atoms with Gasteiger partial charge < -0.3 is 10.1 Å². The first-order valence-corrected chi connectivity index (χ1v) is 9.12. The first kappa shape index (κ1) is 18.0. The van der Waals surface area contributed by atoms with Gasteiger partial charge in [0.05, 0.1) is 5.02 Å². The number of amides is 4. The highest BCUT2D eigenvalue weighted by Gasteiger charge is 2.52. The summed E-state index contributed by atoms with van der Waals surface area (Å²) >= 11 is 9.29. The largest absolute Gasteiger partial charge is 0.482 e. The van der Waals surface area contributed by atoms with E-state index in [1.54, 1.807) is 18.2 Å². The summed E-state index contributed by atoms with van der Waals surface area (Å²) in [5, 5.41) is 3.82. The minimum atomic E-state index is -0.877. The minimum absolute atomic E-state index is 0.334. The number of nitrogens with one attached hydrogen (secondary N) is 2. The molecule has 1 spiro atoms. The maximum atomic E-state index is 12.6. The van der Waals surface area contributed by atoms with Gasteiger partial charge in [0.25, 0.3) is 11.8 Å². The van der Waals surface area contributed by atoms with Crippen molar-refractivity contribution in [2.75, 3.05) is 6.61 Å². The van der Waals surface area contributed by atoms with Crippen LogP contribution in [0.4, 0.5) is 4.79 Å². The van der Waals surface area contributed by atoms with Crippen molar-refractivity contribution >= 4 is 45.4 Å². The Morgan fingerprint density at radius 2 is 2.04 bits per heavy atom. The number of nitrogens with zero attached hydrogens (tertiary/aromatic N) is 1. The van der Waals surface area contributed by atoms with Gasteiger partial charge in [-0.3, -0.25) is 15.0 Å². The molecule has 1 saturated heterocycles. The van der Waals surface area contributed by atoms with Crippen LogP contribution in [0.3, 0.4) is 0 Å². The van der Waals surface area contributed by atoms with Gasteiger partial charge in [0.2, 0.25) is 0 Å². The van der Waals surface area contributed by atoms with E-state index in [9.17, 15) is 14.4 Å². The van der Waals surface area contributed by atoms with Gasteiger partial charge in [-0.2, -0.15) is 5.01 Å². The lowest BCUT2D eigenvalue weighted by Crippen LogP contribution is -2.51. The molecule has 1 heterocycles. The molecule has 4 amide bonds. The predicted molar refractivity (Wildman–Crippen MR) is 94.0 cm³/mol. The van der Waals surface area contributed by atoms with E-state index >= 15 is 0 Å². The summed E-state index contributed by atoms with van der Waals surface area (Å²) in [7, 11) is 0. The fraction of sp³-hybridized carbons (Fsp3) is 0.438. The molecule has 1 aliphatic carbocycles. The number of hydrogen-bond acceptors (Lipinski definition) is 4. The van der Waals surface area contributed by atoms with Gasteiger partial charge in [0, 0.05) is 4.47 Å². The van der Waals surface area contributed by atoms with Crippen molar-refractivity contribution in [2.24, 2.45) is 0 Å². The molecule has 134 valence electrons. The highest BCUT2D eigenvalue weighted by atomic mass is 79.9. The molecule has 0 unspecified atom stereocenters. The molecule has 0 bridgehead atoms. The molecule has 0 aromatic heterocycles. The lowest BCUT2D eigenvalue weighted by molar-refractivity contribution is -0.140. The summed E-state index contributed by atoms with van der Waals surface area (Å²) in [5.41, 5.74) is 1.43. The second kappa shape index (κ2) is 7.21. The Kier molecular flexibility index (Phi) is 5.19. The molecule has 2 aliphatic rings. The molecule has 1 saturated carbocycles. The van der Waals surface area contributed by atoms with Crippen molar-refractivity contribution in [3.8, 4) is 5.75 Å². The van der Waals surface area contributed by atoms with Gasteiger partial charge in [-0.1, -0.05) is 46.8 Å². The maximum Gasteiger partial charge on any atom is 0.344 e. The molecule has 25 heavy (non-hydrogen) atoms. The topological polar surface area (TPSA) is 87.7 Å². The van der Waals surface area contributed by atoms with E-state index in [4.69, 9.17) is 16.3 Å². The quantitative estimate of drug-likeness (QED) is 0.719. The van der Waals surface area contributed by atoms with Crippen molar-refractivity contribution in [3.63, 3.8) is 0 Å². The Hall–Kier alpha value is -1.80. The number of urea groups is 1. The Morgan fingerprint density at radius 3 is 2.72 bits per heavy atom. The summed E-state index contributed by atoms with van der Waals surface area (Å²) in [6, 6.07) is 4.37. The van der Waals surface area contributed by atoms with Crippen molar-refractivity contribution < 1.29 is 19.1 Å². The molecular weight excluding hydrogens is 414 g/mol. The standard InChI is InChI=1S/C16H17BrClN3O4/c17-10-4-5-12(11(18)8-10)25-9-13(22)20-21-14(23)16(19-15(21)24)6-2-1-3-7-16/h4-5,8H,1-3,6-7,9H2,(H,19,24)(H,20,22). The van der Waals surface area contributed by atoms with E-state index in [1.807, 2.05) is 0 Å². The van der Waals surface area contributed by atoms with E-state index in [0.717, 1.165) is 28.7 Å². The second-order valence-electron chi connectivity index (χ2n) is 6.11. The SMILES string of the molecule is O=C(COc1ccc(Br)cc1Cl)NN1C(=O)NC2(CCCCC2)C1=O. The molecule has 1 aliphatic heterocycles. The zero-order valence-electron chi connectivity index (χ0n) is 13.3. The van der Waals surface area contributed by atoms with Crippen LogP contribution in [0, 0.1) is 0 Å². The van der Waals surface area contributed by atoms with Gasteiger partial charge in [-0.25, -0.2) is 4.79 Å². The molecule has 0 atom stereocenters. The zero-order chi connectivity index (χ0) is 18.0. The van der Waals surface area contributed by atoms with E-state index in [-0.39, 0.29) is 6.61 Å². The zero-order valence-corrected chi connectivity index (χ0v) is 15.7. The molecule has 2 fully saturated rings. The summed E-state index contributed by atoms with van der Waals surface area (Å²) < 4.78 is 6.12. The van der Waals surface area contributed by atoms with E-state index in [1.165, 1.54) is 0 Å². The molecule has 2 N–H and O–H groups in total. The number of ether oxygens (including phenoxy) is 1. The maximum absolute atomic E-state index is 12.6. The smallest absolute Gasteiger partial charge is 0.344 e. The van der Waals surface area contributed by atoms with Crippen molar-refractivity contribution in [2.45, 2.75) is 37.6 Å². The number of rotatable bonds is 4. The van der Waals surface area contributed by atoms with Gasteiger partial charge >= 0.3 is 6.03 Å². The molecule has 7 nitrogen and oxygen atoms in total. The van der Waals surface area contributed by atoms with Crippen LogP contribution in [0.2, 0.25) is 5.02 Å². The Morgan fingerprint density at radius 1 is 1.32 bits per heavy atom. The highest BCUT2D eigenvalue weighted by molar-refractivity contribution is 9.10. The Bertz CT molecular complexity index is 721. The predicted octanol–water partition coefficient (Wildman–Crippen LogP) is 2.77. The minimum Gasteiger partial charge on any atom is -0.482 e. The van der Waals surface area contributed by atoms with Crippen LogP contribution in [0.1, 0.15) is 32.1 Å². The monoisotopic (exact) mass is 429 g/mol. The summed E-state index contributed by atoms with van der Waals surface area (Å²) in [5.74, 6) is -0.691. The molecule has 9 heteroatoms. The fourth-order valence-corrected chi connectivity index (χ4v) is 3.84. The van der Waals surface area contributed by atoms with Gasteiger partial charge in [0.1, 0.15) is 11.3 Å². The van der Waals surface area contributed by atoms with E-state index in [0.29, 0.717) is 23.6 Å². The van der Waals surface area contributed by atoms with Gasteiger partial charge in [-0.05, 0) is 31.0 Å². The third kappa shape index (κ3) is 3.74. The van der Waals surface area contributed by atoms with Gasteiger partial charge in [-0.15, -0.1) is 0 Å². The third-order valence-corrected chi connectivity index (χ3v) is 5.15. The van der Waals surface area contributed by atoms with Gasteiger partial charge in [0.15, 0.2) is 6.61 Å². The van der Waals surface area contributed by atoms with Crippen LogP contribution in [0.15, 0.2) is 22.7 Å². The van der Waals surface area contributed by atoms with Crippen LogP contribution in [-0.2, 0) is 9.59 Å². The van der Waals surface area contributed by atoms with Crippen LogP contribution in [0.5, 0.6) is 5.75 Å². The molecule has 3 rings (SSSR count). The summed E-state index contributed by atoms with van der Waals surface area (Å²) in [6.07, 6.45) is 3.97. The highest BCUT2D eigenvalue weighted by Crippen LogP contribution is 2.33. The normalized spacial score (nSPS) is 19.0. The number of halogens is 2.